The fraction of sp³-hybridized carbons (Fsp3) is 0.692. The molecule has 1 atom stereocenters. The molecule has 1 fully saturated rings. The highest BCUT2D eigenvalue weighted by molar-refractivity contribution is 6.30. The summed E-state index contributed by atoms with van der Waals surface area (Å²) < 4.78 is 1.69. The van der Waals surface area contributed by atoms with Gasteiger partial charge in [0.05, 0.1) is 5.69 Å². The van der Waals surface area contributed by atoms with Gasteiger partial charge in [0.15, 0.2) is 0 Å². The van der Waals surface area contributed by atoms with Gasteiger partial charge in [-0.1, -0.05) is 11.6 Å². The van der Waals surface area contributed by atoms with Gasteiger partial charge in [0, 0.05) is 32.1 Å². The Morgan fingerprint density at radius 2 is 2.32 bits per heavy atom. The molecule has 19 heavy (non-hydrogen) atoms. The van der Waals surface area contributed by atoms with Crippen LogP contribution < -0.4 is 0 Å². The number of hydrogen-bond acceptors (Lipinski definition) is 3. The molecule has 1 unspecified atom stereocenters. The predicted octanol–water partition coefficient (Wildman–Crippen LogP) is 2.07. The van der Waals surface area contributed by atoms with E-state index in [0.29, 0.717) is 5.15 Å². The zero-order valence-electron chi connectivity index (χ0n) is 11.4. The van der Waals surface area contributed by atoms with Gasteiger partial charge in [0.25, 0.3) is 0 Å². The molecule has 1 aromatic rings. The van der Waals surface area contributed by atoms with Crippen molar-refractivity contribution in [2.24, 2.45) is 13.0 Å². The molecule has 1 saturated heterocycles. The molecule has 5 nitrogen and oxygen atoms in total. The monoisotopic (exact) mass is 285 g/mol. The molecule has 6 heteroatoms. The molecular formula is C13H20ClN3O2. The summed E-state index contributed by atoms with van der Waals surface area (Å²) in [6.07, 6.45) is 2.31. The first-order chi connectivity index (χ1) is 8.97. The van der Waals surface area contributed by atoms with E-state index >= 15 is 0 Å². The number of likely N-dealkylation sites (tertiary alicyclic amines) is 1. The zero-order chi connectivity index (χ0) is 14.0. The molecule has 106 valence electrons. The van der Waals surface area contributed by atoms with Gasteiger partial charge < -0.3 is 5.11 Å². The molecule has 2 heterocycles. The summed E-state index contributed by atoms with van der Waals surface area (Å²) in [6, 6.07) is 0. The molecule has 0 aromatic carbocycles. The molecule has 0 saturated carbocycles. The molecule has 0 amide bonds. The van der Waals surface area contributed by atoms with Crippen LogP contribution in [0.25, 0.3) is 0 Å². The lowest BCUT2D eigenvalue weighted by Gasteiger charge is -2.32. The quantitative estimate of drug-likeness (QED) is 0.920. The number of carboxylic acid groups (broad SMARTS) is 1. The fourth-order valence-electron chi connectivity index (χ4n) is 2.79. The first kappa shape index (κ1) is 14.3. The number of aryl methyl sites for hydroxylation is 2. The summed E-state index contributed by atoms with van der Waals surface area (Å²) in [6.45, 7) is 4.55. The minimum atomic E-state index is -0.706. The molecule has 0 aliphatic carbocycles. The number of halogens is 1. The van der Waals surface area contributed by atoms with Gasteiger partial charge in [-0.3, -0.25) is 14.4 Å². The molecule has 0 radical (unpaired) electrons. The lowest BCUT2D eigenvalue weighted by Crippen LogP contribution is -2.35. The highest BCUT2D eigenvalue weighted by Crippen LogP contribution is 2.25. The Bertz CT molecular complexity index is 473. The third kappa shape index (κ3) is 3.48. The molecule has 0 bridgehead atoms. The van der Waals surface area contributed by atoms with Crippen LogP contribution in [0.4, 0.5) is 0 Å². The van der Waals surface area contributed by atoms with E-state index in [9.17, 15) is 4.79 Å². The molecule has 1 N–H and O–H groups in total. The van der Waals surface area contributed by atoms with Gasteiger partial charge in [-0.2, -0.15) is 5.10 Å². The standard InChI is InChI=1S/C13H20ClN3O2/c1-9-11(13(14)16(2)15-9)8-17-5-3-4-10(7-17)6-12(18)19/h10H,3-8H2,1-2H3,(H,18,19). The van der Waals surface area contributed by atoms with Gasteiger partial charge in [0.2, 0.25) is 0 Å². The zero-order valence-corrected chi connectivity index (χ0v) is 12.2. The van der Waals surface area contributed by atoms with E-state index in [1.54, 1.807) is 4.68 Å². The fourth-order valence-corrected chi connectivity index (χ4v) is 3.02. The third-order valence-electron chi connectivity index (χ3n) is 3.72. The minimum absolute atomic E-state index is 0.252. The van der Waals surface area contributed by atoms with Crippen LogP contribution in [0.5, 0.6) is 0 Å². The second-order valence-corrected chi connectivity index (χ2v) is 5.68. The second-order valence-electron chi connectivity index (χ2n) is 5.32. The summed E-state index contributed by atoms with van der Waals surface area (Å²) in [5.41, 5.74) is 2.01. The average Bonchev–Trinajstić information content (AvgIpc) is 2.56. The number of nitrogens with zero attached hydrogens (tertiary/aromatic N) is 3. The van der Waals surface area contributed by atoms with Crippen LogP contribution in [0.1, 0.15) is 30.5 Å². The van der Waals surface area contributed by atoms with Crippen molar-refractivity contribution in [1.82, 2.24) is 14.7 Å². The Labute approximate surface area is 118 Å². The molecule has 1 aliphatic heterocycles. The Kier molecular flexibility index (Phi) is 4.47. The van der Waals surface area contributed by atoms with E-state index in [-0.39, 0.29) is 12.3 Å². The largest absolute Gasteiger partial charge is 0.481 e. The number of aliphatic carboxylic acids is 1. The summed E-state index contributed by atoms with van der Waals surface area (Å²) in [7, 11) is 1.84. The van der Waals surface area contributed by atoms with E-state index in [4.69, 9.17) is 16.7 Å². The van der Waals surface area contributed by atoms with Crippen molar-refractivity contribution in [3.8, 4) is 0 Å². The maximum atomic E-state index is 10.8. The predicted molar refractivity (Wildman–Crippen MR) is 73.2 cm³/mol. The summed E-state index contributed by atoms with van der Waals surface area (Å²) in [5, 5.41) is 13.9. The number of aromatic nitrogens is 2. The van der Waals surface area contributed by atoms with Crippen molar-refractivity contribution in [1.29, 1.82) is 0 Å². The van der Waals surface area contributed by atoms with E-state index in [1.165, 1.54) is 0 Å². The topological polar surface area (TPSA) is 58.4 Å². The van der Waals surface area contributed by atoms with Gasteiger partial charge in [0.1, 0.15) is 5.15 Å². The summed E-state index contributed by atoms with van der Waals surface area (Å²) >= 11 is 6.23. The maximum Gasteiger partial charge on any atom is 0.303 e. The third-order valence-corrected chi connectivity index (χ3v) is 4.19. The molecule has 1 aromatic heterocycles. The van der Waals surface area contributed by atoms with Crippen molar-refractivity contribution in [3.05, 3.63) is 16.4 Å². The van der Waals surface area contributed by atoms with Crippen molar-refractivity contribution in [2.45, 2.75) is 32.7 Å². The van der Waals surface area contributed by atoms with E-state index in [0.717, 1.165) is 43.7 Å². The van der Waals surface area contributed by atoms with Crippen molar-refractivity contribution < 1.29 is 9.90 Å². The first-order valence-electron chi connectivity index (χ1n) is 6.59. The van der Waals surface area contributed by atoms with Crippen molar-refractivity contribution >= 4 is 17.6 Å². The Morgan fingerprint density at radius 1 is 1.58 bits per heavy atom. The highest BCUT2D eigenvalue weighted by atomic mass is 35.5. The van der Waals surface area contributed by atoms with Crippen LogP contribution in [-0.2, 0) is 18.4 Å². The van der Waals surface area contributed by atoms with Crippen LogP contribution in [-0.4, -0.2) is 38.8 Å². The Morgan fingerprint density at radius 3 is 2.89 bits per heavy atom. The second kappa shape index (κ2) is 5.92. The van der Waals surface area contributed by atoms with E-state index in [2.05, 4.69) is 10.00 Å². The first-order valence-corrected chi connectivity index (χ1v) is 6.97. The van der Waals surface area contributed by atoms with Crippen LogP contribution >= 0.6 is 11.6 Å². The van der Waals surface area contributed by atoms with Crippen LogP contribution in [0.2, 0.25) is 5.15 Å². The molecule has 2 rings (SSSR count). The number of carboxylic acids is 1. The van der Waals surface area contributed by atoms with Crippen LogP contribution in [0.15, 0.2) is 0 Å². The molecule has 1 aliphatic rings. The van der Waals surface area contributed by atoms with Crippen LogP contribution in [0.3, 0.4) is 0 Å². The van der Waals surface area contributed by atoms with Gasteiger partial charge in [-0.25, -0.2) is 0 Å². The number of carbonyl (C=O) groups is 1. The van der Waals surface area contributed by atoms with Gasteiger partial charge in [-0.05, 0) is 32.2 Å². The molecular weight excluding hydrogens is 266 g/mol. The normalized spacial score (nSPS) is 20.7. The van der Waals surface area contributed by atoms with Crippen molar-refractivity contribution in [2.75, 3.05) is 13.1 Å². The lowest BCUT2D eigenvalue weighted by molar-refractivity contribution is -0.138. The highest BCUT2D eigenvalue weighted by Gasteiger charge is 2.23. The summed E-state index contributed by atoms with van der Waals surface area (Å²) in [4.78, 5) is 13.1. The number of rotatable bonds is 4. The average molecular weight is 286 g/mol. The van der Waals surface area contributed by atoms with Gasteiger partial charge in [-0.15, -0.1) is 0 Å². The van der Waals surface area contributed by atoms with Crippen LogP contribution in [0, 0.1) is 12.8 Å². The van der Waals surface area contributed by atoms with Gasteiger partial charge >= 0.3 is 5.97 Å². The maximum absolute atomic E-state index is 10.8. The molecule has 0 spiro atoms. The summed E-state index contributed by atoms with van der Waals surface area (Å²) in [5.74, 6) is -0.454. The number of hydrogen-bond donors (Lipinski definition) is 1. The Hall–Kier alpha value is -1.07. The Balaban J connectivity index is 2.00. The number of piperidine rings is 1. The SMILES string of the molecule is Cc1nn(C)c(Cl)c1CN1CCCC(CC(=O)O)C1. The minimum Gasteiger partial charge on any atom is -0.481 e. The van der Waals surface area contributed by atoms with E-state index < -0.39 is 5.97 Å². The lowest BCUT2D eigenvalue weighted by atomic mass is 9.94. The van der Waals surface area contributed by atoms with E-state index in [1.807, 2.05) is 14.0 Å². The smallest absolute Gasteiger partial charge is 0.303 e. The van der Waals surface area contributed by atoms with Crippen molar-refractivity contribution in [3.63, 3.8) is 0 Å².